The number of ether oxygens (including phenoxy) is 4. The number of aliphatic hydroxyl groups excluding tert-OH is 1. The van der Waals surface area contributed by atoms with E-state index >= 15 is 0 Å². The van der Waals surface area contributed by atoms with E-state index in [9.17, 15) is 43.2 Å². The van der Waals surface area contributed by atoms with E-state index in [1.165, 1.54) is 270 Å². The Bertz CT molecular complexity index is 1890. The fourth-order valence-electron chi connectivity index (χ4n) is 12.6. The number of phosphoric acid groups is 2. The lowest BCUT2D eigenvalue weighted by molar-refractivity contribution is -0.161. The Kier molecular flexibility index (Phi) is 73.8. The largest absolute Gasteiger partial charge is 0.472 e. The SMILES string of the molecule is CCCCCCCCCCCCCCCCCCCC(=O)O[C@H](COC(=O)CCCCCCCCCCCCCCCCCC)COP(=O)(O)OC[C@@H](O)COP(=O)(O)OC[C@@H](COC(=O)CCCCCCCCCCCCC)OC(=O)CCCCCCCCCCCCCCCCCC. The van der Waals surface area contributed by atoms with Gasteiger partial charge in [-0.25, -0.2) is 9.13 Å². The van der Waals surface area contributed by atoms with Crippen LogP contribution in [0.15, 0.2) is 0 Å². The minimum atomic E-state index is -4.96. The second kappa shape index (κ2) is 75.3. The summed E-state index contributed by atoms with van der Waals surface area (Å²) in [6, 6.07) is 0. The molecule has 5 atom stereocenters. The molecule has 19 heteroatoms. The Labute approximate surface area is 613 Å². The van der Waals surface area contributed by atoms with Gasteiger partial charge in [0.05, 0.1) is 26.4 Å². The Morgan fingerprint density at radius 2 is 0.400 bits per heavy atom. The summed E-state index contributed by atoms with van der Waals surface area (Å²) in [7, 11) is -9.92. The third-order valence-electron chi connectivity index (χ3n) is 19.1. The third kappa shape index (κ3) is 74.3. The number of unbranched alkanes of at least 4 members (excludes halogenated alkanes) is 56. The number of aliphatic hydroxyl groups is 1. The summed E-state index contributed by atoms with van der Waals surface area (Å²) in [6.07, 6.45) is 67.8. The average molecular weight is 1470 g/mol. The molecule has 0 fully saturated rings. The summed E-state index contributed by atoms with van der Waals surface area (Å²) >= 11 is 0. The fraction of sp³-hybridized carbons (Fsp3) is 0.951. The summed E-state index contributed by atoms with van der Waals surface area (Å²) in [6.45, 7) is 5.04. The Hall–Kier alpha value is -1.94. The van der Waals surface area contributed by atoms with Gasteiger partial charge in [-0.15, -0.1) is 0 Å². The van der Waals surface area contributed by atoms with Crippen LogP contribution < -0.4 is 0 Å². The zero-order chi connectivity index (χ0) is 73.2. The smallest absolute Gasteiger partial charge is 0.462 e. The molecule has 0 aromatic heterocycles. The second-order valence-corrected chi connectivity index (χ2v) is 32.1. The molecule has 2 unspecified atom stereocenters. The summed E-state index contributed by atoms with van der Waals surface area (Å²) in [5, 5.41) is 10.6. The highest BCUT2D eigenvalue weighted by molar-refractivity contribution is 7.47. The van der Waals surface area contributed by atoms with Gasteiger partial charge in [-0.3, -0.25) is 37.3 Å². The van der Waals surface area contributed by atoms with Gasteiger partial charge in [0, 0.05) is 25.7 Å². The molecule has 0 amide bonds. The molecule has 0 bridgehead atoms. The molecule has 3 N–H and O–H groups in total. The molecule has 0 aliphatic heterocycles. The van der Waals surface area contributed by atoms with Gasteiger partial charge in [-0.05, 0) is 25.7 Å². The van der Waals surface area contributed by atoms with Crippen molar-refractivity contribution in [1.82, 2.24) is 0 Å². The Morgan fingerprint density at radius 1 is 0.240 bits per heavy atom. The Morgan fingerprint density at radius 3 is 0.590 bits per heavy atom. The number of carbonyl (C=O) groups is 4. The maximum atomic E-state index is 13.1. The van der Waals surface area contributed by atoms with E-state index in [1.807, 2.05) is 0 Å². The van der Waals surface area contributed by atoms with Crippen LogP contribution in [-0.2, 0) is 65.4 Å². The number of hydrogen-bond donors (Lipinski definition) is 3. The molecule has 17 nitrogen and oxygen atoms in total. The first-order chi connectivity index (χ1) is 48.7. The van der Waals surface area contributed by atoms with Crippen LogP contribution in [-0.4, -0.2) is 96.7 Å². The molecule has 0 heterocycles. The van der Waals surface area contributed by atoms with Crippen LogP contribution >= 0.6 is 15.6 Å². The summed E-state index contributed by atoms with van der Waals surface area (Å²) < 4.78 is 68.8. The van der Waals surface area contributed by atoms with E-state index in [0.717, 1.165) is 89.9 Å². The molecule has 0 aromatic carbocycles. The topological polar surface area (TPSA) is 237 Å². The minimum Gasteiger partial charge on any atom is -0.462 e. The molecule has 0 aliphatic rings. The van der Waals surface area contributed by atoms with E-state index in [1.54, 1.807) is 0 Å². The molecular formula is C81H158O17P2. The highest BCUT2D eigenvalue weighted by atomic mass is 31.2. The normalized spacial score (nSPS) is 13.8. The van der Waals surface area contributed by atoms with E-state index in [4.69, 9.17) is 37.0 Å². The van der Waals surface area contributed by atoms with E-state index in [-0.39, 0.29) is 25.7 Å². The van der Waals surface area contributed by atoms with Gasteiger partial charge in [-0.2, -0.15) is 0 Å². The molecule has 100 heavy (non-hydrogen) atoms. The lowest BCUT2D eigenvalue weighted by atomic mass is 10.0. The predicted octanol–water partition coefficient (Wildman–Crippen LogP) is 24.6. The summed E-state index contributed by atoms with van der Waals surface area (Å²) in [5.41, 5.74) is 0. The van der Waals surface area contributed by atoms with Crippen LogP contribution in [0.2, 0.25) is 0 Å². The molecule has 0 aliphatic carbocycles. The monoisotopic (exact) mass is 1470 g/mol. The third-order valence-corrected chi connectivity index (χ3v) is 21.0. The van der Waals surface area contributed by atoms with Crippen LogP contribution in [0.25, 0.3) is 0 Å². The molecule has 0 spiro atoms. The fourth-order valence-corrected chi connectivity index (χ4v) is 14.2. The van der Waals surface area contributed by atoms with E-state index in [0.29, 0.717) is 25.7 Å². The van der Waals surface area contributed by atoms with Gasteiger partial charge in [0.25, 0.3) is 0 Å². The standard InChI is InChI=1S/C81H158O17P2/c1-5-9-13-17-21-25-29-32-35-38-41-44-48-52-56-60-64-68-81(86)98-77(72-92-79(84)66-62-58-54-50-46-42-39-36-33-30-26-22-18-14-10-6-2)74-96-100(89,90)94-70-75(82)69-93-99(87,88)95-73-76(71-91-78(83)65-61-57-53-49-45-28-24-20-16-12-8-4)97-80(85)67-63-59-55-51-47-43-40-37-34-31-27-23-19-15-11-7-3/h75-77,82H,5-74H2,1-4H3,(H,87,88)(H,89,90)/t75-,76+,77+/m0/s1. The molecule has 0 saturated carbocycles. The van der Waals surface area contributed by atoms with Crippen molar-refractivity contribution in [1.29, 1.82) is 0 Å². The lowest BCUT2D eigenvalue weighted by Gasteiger charge is -2.21. The molecule has 0 rings (SSSR count). The zero-order valence-corrected chi connectivity index (χ0v) is 67.0. The molecule has 594 valence electrons. The first kappa shape index (κ1) is 98.1. The van der Waals surface area contributed by atoms with Crippen LogP contribution in [0.4, 0.5) is 0 Å². The average Bonchev–Trinajstić information content (AvgIpc) is 1.25. The first-order valence-corrected chi connectivity index (χ1v) is 45.3. The van der Waals surface area contributed by atoms with Crippen molar-refractivity contribution in [2.75, 3.05) is 39.6 Å². The lowest BCUT2D eigenvalue weighted by Crippen LogP contribution is -2.30. The predicted molar refractivity (Wildman–Crippen MR) is 409 cm³/mol. The highest BCUT2D eigenvalue weighted by Crippen LogP contribution is 2.45. The summed E-state index contributed by atoms with van der Waals surface area (Å²) in [4.78, 5) is 73.1. The molecule has 0 radical (unpaired) electrons. The molecule has 0 saturated heterocycles. The number of esters is 4. The van der Waals surface area contributed by atoms with Crippen LogP contribution in [0, 0.1) is 0 Å². The zero-order valence-electron chi connectivity index (χ0n) is 65.2. The maximum Gasteiger partial charge on any atom is 0.472 e. The van der Waals surface area contributed by atoms with Gasteiger partial charge in [-0.1, -0.05) is 387 Å². The van der Waals surface area contributed by atoms with Crippen LogP contribution in [0.5, 0.6) is 0 Å². The number of phosphoric ester groups is 2. The van der Waals surface area contributed by atoms with Crippen molar-refractivity contribution < 1.29 is 80.2 Å². The Balaban J connectivity index is 5.25. The van der Waals surface area contributed by atoms with Crippen molar-refractivity contribution in [2.24, 2.45) is 0 Å². The number of carbonyl (C=O) groups excluding carboxylic acids is 4. The van der Waals surface area contributed by atoms with Gasteiger partial charge >= 0.3 is 39.5 Å². The second-order valence-electron chi connectivity index (χ2n) is 29.2. The molecular weight excluding hydrogens is 1310 g/mol. The molecule has 0 aromatic rings. The first-order valence-electron chi connectivity index (χ1n) is 42.3. The van der Waals surface area contributed by atoms with Gasteiger partial charge in [0.15, 0.2) is 12.2 Å². The van der Waals surface area contributed by atoms with Gasteiger partial charge < -0.3 is 33.8 Å². The minimum absolute atomic E-state index is 0.109. The quantitative estimate of drug-likeness (QED) is 0.0222. The van der Waals surface area contributed by atoms with Crippen molar-refractivity contribution in [2.45, 2.75) is 457 Å². The highest BCUT2D eigenvalue weighted by Gasteiger charge is 2.30. The van der Waals surface area contributed by atoms with Crippen molar-refractivity contribution in [3.63, 3.8) is 0 Å². The van der Waals surface area contributed by atoms with Crippen molar-refractivity contribution in [3.05, 3.63) is 0 Å². The van der Waals surface area contributed by atoms with Crippen LogP contribution in [0.1, 0.15) is 439 Å². The number of rotatable bonds is 82. The van der Waals surface area contributed by atoms with Crippen molar-refractivity contribution in [3.8, 4) is 0 Å². The number of hydrogen-bond acceptors (Lipinski definition) is 15. The maximum absolute atomic E-state index is 13.1. The van der Waals surface area contributed by atoms with Gasteiger partial charge in [0.2, 0.25) is 0 Å². The van der Waals surface area contributed by atoms with Crippen molar-refractivity contribution >= 4 is 39.5 Å². The summed E-state index contributed by atoms with van der Waals surface area (Å²) in [5.74, 6) is -2.10. The van der Waals surface area contributed by atoms with Crippen LogP contribution in [0.3, 0.4) is 0 Å². The van der Waals surface area contributed by atoms with E-state index < -0.39 is 97.5 Å². The van der Waals surface area contributed by atoms with E-state index in [2.05, 4.69) is 27.7 Å². The van der Waals surface area contributed by atoms with Gasteiger partial charge in [0.1, 0.15) is 19.3 Å².